The van der Waals surface area contributed by atoms with Crippen LogP contribution in [-0.2, 0) is 0 Å². The molecule has 1 aromatic heterocycles. The third kappa shape index (κ3) is 3.02. The van der Waals surface area contributed by atoms with Crippen LogP contribution in [0.15, 0.2) is 64.8 Å². The van der Waals surface area contributed by atoms with Crippen LogP contribution < -0.4 is 0 Å². The molecule has 134 valence electrons. The first-order chi connectivity index (χ1) is 13.0. The zero-order valence-electron chi connectivity index (χ0n) is 13.7. The molecule has 0 spiro atoms. The number of benzene rings is 3. The summed E-state index contributed by atoms with van der Waals surface area (Å²) in [5, 5.41) is 48.4. The van der Waals surface area contributed by atoms with Gasteiger partial charge in [0.05, 0.1) is 15.8 Å². The number of phenols is 4. The van der Waals surface area contributed by atoms with Crippen molar-refractivity contribution in [1.29, 1.82) is 0 Å². The second-order valence-corrected chi connectivity index (χ2v) is 6.69. The van der Waals surface area contributed by atoms with Crippen molar-refractivity contribution in [2.45, 2.75) is 0 Å². The molecule has 0 aliphatic rings. The number of hydrogen-bond donors (Lipinski definition) is 4. The number of fused-ring (bicyclic) bond motifs is 1. The summed E-state index contributed by atoms with van der Waals surface area (Å²) in [7, 11) is 0. The lowest BCUT2D eigenvalue weighted by Gasteiger charge is -2.06. The maximum atomic E-state index is 10.6. The maximum Gasteiger partial charge on any atom is 0.170 e. The number of para-hydroxylation sites is 1. The second kappa shape index (κ2) is 6.58. The third-order valence-electron chi connectivity index (χ3n) is 3.90. The molecule has 0 atom stereocenters. The fraction of sp³-hybridized carbons (Fsp3) is 0. The minimum absolute atomic E-state index is 0.165. The maximum absolute atomic E-state index is 10.6. The molecule has 4 rings (SSSR count). The minimum Gasteiger partial charge on any atom is -0.505 e. The van der Waals surface area contributed by atoms with Gasteiger partial charge in [0.2, 0.25) is 0 Å². The van der Waals surface area contributed by atoms with E-state index in [-0.39, 0.29) is 34.4 Å². The summed E-state index contributed by atoms with van der Waals surface area (Å²) in [4.78, 5) is 4.49. The first-order valence-corrected chi connectivity index (χ1v) is 8.70. The predicted octanol–water partition coefficient (Wildman–Crippen LogP) is 5.20. The standard InChI is InChI=1S/C19H13N3O4S/c23-12-5-3-6-13(24)16(12)21-22-17-14(25)9-8-10(18(17)26)19-20-11-4-1-2-7-15(11)27-19/h1-9,23-26H. The molecule has 4 N–H and O–H groups in total. The van der Waals surface area contributed by atoms with Crippen LogP contribution in [0, 0.1) is 0 Å². The number of aromatic nitrogens is 1. The highest BCUT2D eigenvalue weighted by Crippen LogP contribution is 2.46. The van der Waals surface area contributed by atoms with Crippen molar-refractivity contribution in [1.82, 2.24) is 4.98 Å². The van der Waals surface area contributed by atoms with Crippen LogP contribution in [0.2, 0.25) is 0 Å². The number of nitrogens with zero attached hydrogens (tertiary/aromatic N) is 3. The van der Waals surface area contributed by atoms with Crippen molar-refractivity contribution in [3.8, 4) is 33.6 Å². The molecular formula is C19H13N3O4S. The average Bonchev–Trinajstić information content (AvgIpc) is 3.07. The summed E-state index contributed by atoms with van der Waals surface area (Å²) >= 11 is 1.39. The predicted molar refractivity (Wildman–Crippen MR) is 102 cm³/mol. The molecule has 0 saturated heterocycles. The summed E-state index contributed by atoms with van der Waals surface area (Å²) in [5.74, 6) is -1.15. The number of thiazole rings is 1. The molecule has 27 heavy (non-hydrogen) atoms. The Morgan fingerprint density at radius 3 is 2.11 bits per heavy atom. The van der Waals surface area contributed by atoms with Gasteiger partial charge in [0.15, 0.2) is 17.1 Å². The lowest BCUT2D eigenvalue weighted by molar-refractivity contribution is 0.449. The van der Waals surface area contributed by atoms with Crippen LogP contribution in [0.25, 0.3) is 20.8 Å². The smallest absolute Gasteiger partial charge is 0.170 e. The Morgan fingerprint density at radius 1 is 0.704 bits per heavy atom. The van der Waals surface area contributed by atoms with Gasteiger partial charge < -0.3 is 20.4 Å². The van der Waals surface area contributed by atoms with Gasteiger partial charge in [-0.05, 0) is 36.4 Å². The number of rotatable bonds is 3. The lowest BCUT2D eigenvalue weighted by atomic mass is 10.1. The average molecular weight is 379 g/mol. The van der Waals surface area contributed by atoms with Crippen molar-refractivity contribution >= 4 is 32.9 Å². The SMILES string of the molecule is Oc1cccc(O)c1N=Nc1c(O)ccc(-c2nc3ccccc3s2)c1O. The number of hydrogen-bond acceptors (Lipinski definition) is 8. The Morgan fingerprint density at radius 2 is 1.37 bits per heavy atom. The van der Waals surface area contributed by atoms with Crippen LogP contribution in [-0.4, -0.2) is 25.4 Å². The molecular weight excluding hydrogens is 366 g/mol. The van der Waals surface area contributed by atoms with E-state index in [1.807, 2.05) is 24.3 Å². The first kappa shape index (κ1) is 16.8. The Balaban J connectivity index is 1.80. The van der Waals surface area contributed by atoms with Gasteiger partial charge in [-0.2, -0.15) is 0 Å². The molecule has 0 aliphatic heterocycles. The normalized spacial score (nSPS) is 11.4. The quantitative estimate of drug-likeness (QED) is 0.365. The third-order valence-corrected chi connectivity index (χ3v) is 4.97. The number of azo groups is 1. The van der Waals surface area contributed by atoms with Gasteiger partial charge in [0.25, 0.3) is 0 Å². The molecule has 1 heterocycles. The van der Waals surface area contributed by atoms with E-state index in [1.165, 1.54) is 35.6 Å². The van der Waals surface area contributed by atoms with Crippen molar-refractivity contribution in [3.63, 3.8) is 0 Å². The number of aromatic hydroxyl groups is 4. The van der Waals surface area contributed by atoms with Gasteiger partial charge in [0, 0.05) is 0 Å². The van der Waals surface area contributed by atoms with Crippen molar-refractivity contribution < 1.29 is 20.4 Å². The Bertz CT molecular complexity index is 1130. The van der Waals surface area contributed by atoms with Crippen LogP contribution in [0.1, 0.15) is 0 Å². The van der Waals surface area contributed by atoms with Crippen molar-refractivity contribution in [3.05, 3.63) is 54.6 Å². The van der Waals surface area contributed by atoms with Crippen LogP contribution in [0.3, 0.4) is 0 Å². The minimum atomic E-state index is -0.298. The van der Waals surface area contributed by atoms with Gasteiger partial charge in [-0.3, -0.25) is 0 Å². The molecule has 7 nitrogen and oxygen atoms in total. The zero-order chi connectivity index (χ0) is 19.0. The lowest BCUT2D eigenvalue weighted by Crippen LogP contribution is -1.80. The highest BCUT2D eigenvalue weighted by molar-refractivity contribution is 7.21. The fourth-order valence-corrected chi connectivity index (χ4v) is 3.54. The molecule has 8 heteroatoms. The van der Waals surface area contributed by atoms with Crippen LogP contribution in [0.5, 0.6) is 23.0 Å². The monoisotopic (exact) mass is 379 g/mol. The molecule has 3 aromatic carbocycles. The topological polar surface area (TPSA) is 119 Å². The largest absolute Gasteiger partial charge is 0.505 e. The van der Waals surface area contributed by atoms with Gasteiger partial charge >= 0.3 is 0 Å². The summed E-state index contributed by atoms with van der Waals surface area (Å²) in [6.45, 7) is 0. The molecule has 4 aromatic rings. The van der Waals surface area contributed by atoms with E-state index in [2.05, 4.69) is 15.2 Å². The molecule has 0 aliphatic carbocycles. The number of phenolic OH excluding ortho intramolecular Hbond substituents is 4. The summed E-state index contributed by atoms with van der Waals surface area (Å²) in [6.07, 6.45) is 0. The van der Waals surface area contributed by atoms with E-state index in [0.29, 0.717) is 10.6 Å². The zero-order valence-corrected chi connectivity index (χ0v) is 14.6. The van der Waals surface area contributed by atoms with Gasteiger partial charge in [-0.1, -0.05) is 18.2 Å². The molecule has 0 radical (unpaired) electrons. The molecule has 0 amide bonds. The van der Waals surface area contributed by atoms with E-state index in [0.717, 1.165) is 10.2 Å². The van der Waals surface area contributed by atoms with E-state index >= 15 is 0 Å². The van der Waals surface area contributed by atoms with Gasteiger partial charge in [0.1, 0.15) is 22.3 Å². The van der Waals surface area contributed by atoms with E-state index < -0.39 is 0 Å². The molecule has 0 fully saturated rings. The fourth-order valence-electron chi connectivity index (χ4n) is 2.55. The summed E-state index contributed by atoms with van der Waals surface area (Å²) in [5.41, 5.74) is 0.841. The van der Waals surface area contributed by atoms with Crippen LogP contribution in [0.4, 0.5) is 11.4 Å². The highest BCUT2D eigenvalue weighted by Gasteiger charge is 2.17. The Kier molecular flexibility index (Phi) is 4.09. The van der Waals surface area contributed by atoms with Crippen molar-refractivity contribution in [2.24, 2.45) is 10.2 Å². The van der Waals surface area contributed by atoms with Gasteiger partial charge in [-0.25, -0.2) is 4.98 Å². The molecule has 0 bridgehead atoms. The summed E-state index contributed by atoms with van der Waals surface area (Å²) in [6, 6.07) is 14.6. The van der Waals surface area contributed by atoms with E-state index in [9.17, 15) is 20.4 Å². The van der Waals surface area contributed by atoms with Crippen LogP contribution >= 0.6 is 11.3 Å². The Labute approximate surface area is 157 Å². The highest BCUT2D eigenvalue weighted by atomic mass is 32.1. The first-order valence-electron chi connectivity index (χ1n) is 7.88. The van der Waals surface area contributed by atoms with Gasteiger partial charge in [-0.15, -0.1) is 21.6 Å². The molecule has 0 saturated carbocycles. The van der Waals surface area contributed by atoms with E-state index in [1.54, 1.807) is 6.07 Å². The molecule has 0 unspecified atom stereocenters. The Hall–Kier alpha value is -3.65. The summed E-state index contributed by atoms with van der Waals surface area (Å²) < 4.78 is 0.960. The van der Waals surface area contributed by atoms with Crippen molar-refractivity contribution in [2.75, 3.05) is 0 Å². The second-order valence-electron chi connectivity index (χ2n) is 5.66. The van der Waals surface area contributed by atoms with E-state index in [4.69, 9.17) is 0 Å².